The minimum absolute atomic E-state index is 0.0565. The van der Waals surface area contributed by atoms with Gasteiger partial charge in [-0.05, 0) is 38.5 Å². The molecule has 118 valence electrons. The second kappa shape index (κ2) is 7.21. The minimum Gasteiger partial charge on any atom is -0.444 e. The summed E-state index contributed by atoms with van der Waals surface area (Å²) in [6, 6.07) is 5.46. The Labute approximate surface area is 122 Å². The lowest BCUT2D eigenvalue weighted by Gasteiger charge is -2.21. The van der Waals surface area contributed by atoms with E-state index in [9.17, 15) is 13.6 Å². The number of carbonyl (C=O) groups excluding carboxylic acids is 1. The highest BCUT2D eigenvalue weighted by Gasteiger charge is 2.17. The summed E-state index contributed by atoms with van der Waals surface area (Å²) in [7, 11) is 0. The number of alkyl carbamates (subject to hydrolysis) is 1. The number of benzene rings is 1. The maximum Gasteiger partial charge on any atom is 0.407 e. The first-order chi connectivity index (χ1) is 9.67. The van der Waals surface area contributed by atoms with Crippen molar-refractivity contribution in [1.29, 1.82) is 0 Å². The summed E-state index contributed by atoms with van der Waals surface area (Å²) in [6.45, 7) is 2.58. The first kappa shape index (κ1) is 17.2. The molecular formula is C14H20F2N2O3. The molecule has 0 saturated carbocycles. The van der Waals surface area contributed by atoms with Crippen LogP contribution in [0.2, 0.25) is 0 Å². The average molecular weight is 302 g/mol. The van der Waals surface area contributed by atoms with E-state index in [2.05, 4.69) is 10.1 Å². The number of carbonyl (C=O) groups is 1. The summed E-state index contributed by atoms with van der Waals surface area (Å²) >= 11 is 0. The third kappa shape index (κ3) is 6.89. The van der Waals surface area contributed by atoms with Crippen molar-refractivity contribution in [3.8, 4) is 5.75 Å². The molecule has 0 spiro atoms. The Morgan fingerprint density at radius 2 is 1.86 bits per heavy atom. The van der Waals surface area contributed by atoms with E-state index in [0.29, 0.717) is 5.56 Å². The van der Waals surface area contributed by atoms with Gasteiger partial charge in [0.2, 0.25) is 0 Å². The molecule has 7 heteroatoms. The van der Waals surface area contributed by atoms with Gasteiger partial charge in [-0.3, -0.25) is 0 Å². The Hall–Kier alpha value is -1.89. The highest BCUT2D eigenvalue weighted by Crippen LogP contribution is 2.18. The molecule has 1 amide bonds. The number of alkyl halides is 2. The fourth-order valence-electron chi connectivity index (χ4n) is 1.52. The lowest BCUT2D eigenvalue weighted by atomic mass is 10.1. The molecule has 0 radical (unpaired) electrons. The third-order valence-electron chi connectivity index (χ3n) is 2.40. The van der Waals surface area contributed by atoms with E-state index < -0.39 is 24.3 Å². The van der Waals surface area contributed by atoms with Crippen molar-refractivity contribution in [2.24, 2.45) is 5.73 Å². The number of hydrogen-bond donors (Lipinski definition) is 2. The standard InChI is InChI=1S/C14H20F2N2O3/c1-14(2,3)21-13(19)18-8-11(17)9-4-6-10(7-5-9)20-12(15)16/h4-7,11-12H,8,17H2,1-3H3,(H,18,19). The van der Waals surface area contributed by atoms with Crippen molar-refractivity contribution in [2.45, 2.75) is 39.0 Å². The predicted molar refractivity (Wildman–Crippen MR) is 74.2 cm³/mol. The Morgan fingerprint density at radius 3 is 2.33 bits per heavy atom. The molecule has 1 aromatic carbocycles. The number of hydrogen-bond acceptors (Lipinski definition) is 4. The zero-order valence-electron chi connectivity index (χ0n) is 12.2. The molecule has 1 unspecified atom stereocenters. The zero-order valence-corrected chi connectivity index (χ0v) is 12.2. The molecule has 0 aliphatic carbocycles. The Morgan fingerprint density at radius 1 is 1.29 bits per heavy atom. The van der Waals surface area contributed by atoms with Crippen LogP contribution in [0.1, 0.15) is 32.4 Å². The second-order valence-corrected chi connectivity index (χ2v) is 5.44. The summed E-state index contributed by atoms with van der Waals surface area (Å²) in [6.07, 6.45) is -0.560. The molecule has 0 fully saturated rings. The number of halogens is 2. The molecule has 5 nitrogen and oxygen atoms in total. The van der Waals surface area contributed by atoms with Crippen molar-refractivity contribution in [3.63, 3.8) is 0 Å². The smallest absolute Gasteiger partial charge is 0.407 e. The van der Waals surface area contributed by atoms with Crippen LogP contribution < -0.4 is 15.8 Å². The zero-order chi connectivity index (χ0) is 16.0. The molecule has 21 heavy (non-hydrogen) atoms. The Balaban J connectivity index is 2.48. The monoisotopic (exact) mass is 302 g/mol. The summed E-state index contributed by atoms with van der Waals surface area (Å²) in [5.74, 6) is 0.0565. The summed E-state index contributed by atoms with van der Waals surface area (Å²) < 4.78 is 33.3. The Kier molecular flexibility index (Phi) is 5.90. The summed E-state index contributed by atoms with van der Waals surface area (Å²) in [5.41, 5.74) is 6.01. The minimum atomic E-state index is -2.86. The number of amides is 1. The quantitative estimate of drug-likeness (QED) is 0.877. The molecule has 0 bridgehead atoms. The fraction of sp³-hybridized carbons (Fsp3) is 0.500. The molecular weight excluding hydrogens is 282 g/mol. The second-order valence-electron chi connectivity index (χ2n) is 5.44. The largest absolute Gasteiger partial charge is 0.444 e. The highest BCUT2D eigenvalue weighted by molar-refractivity contribution is 5.67. The van der Waals surface area contributed by atoms with E-state index in [4.69, 9.17) is 10.5 Å². The van der Waals surface area contributed by atoms with Gasteiger partial charge < -0.3 is 20.5 Å². The van der Waals surface area contributed by atoms with Gasteiger partial charge in [0.1, 0.15) is 11.4 Å². The van der Waals surface area contributed by atoms with Crippen molar-refractivity contribution >= 4 is 6.09 Å². The Bertz CT molecular complexity index is 458. The van der Waals surface area contributed by atoms with Crippen LogP contribution in [0.4, 0.5) is 13.6 Å². The molecule has 0 saturated heterocycles. The first-order valence-electron chi connectivity index (χ1n) is 6.44. The molecule has 0 aliphatic heterocycles. The van der Waals surface area contributed by atoms with Gasteiger partial charge in [0, 0.05) is 12.6 Å². The molecule has 0 heterocycles. The maximum atomic E-state index is 12.0. The van der Waals surface area contributed by atoms with Crippen molar-refractivity contribution in [3.05, 3.63) is 29.8 Å². The first-order valence-corrected chi connectivity index (χ1v) is 6.44. The van der Waals surface area contributed by atoms with Crippen LogP contribution in [-0.2, 0) is 4.74 Å². The number of ether oxygens (including phenoxy) is 2. The topological polar surface area (TPSA) is 73.6 Å². The van der Waals surface area contributed by atoms with Crippen molar-refractivity contribution in [1.82, 2.24) is 5.32 Å². The molecule has 1 atom stereocenters. The lowest BCUT2D eigenvalue weighted by Crippen LogP contribution is -2.36. The van der Waals surface area contributed by atoms with E-state index in [1.807, 2.05) is 0 Å². The van der Waals surface area contributed by atoms with E-state index in [0.717, 1.165) is 0 Å². The van der Waals surface area contributed by atoms with Gasteiger partial charge in [0.05, 0.1) is 0 Å². The van der Waals surface area contributed by atoms with Crippen LogP contribution in [0.25, 0.3) is 0 Å². The molecule has 3 N–H and O–H groups in total. The van der Waals surface area contributed by atoms with Crippen LogP contribution in [0, 0.1) is 0 Å². The van der Waals surface area contributed by atoms with Crippen molar-refractivity contribution in [2.75, 3.05) is 6.54 Å². The summed E-state index contributed by atoms with van der Waals surface area (Å²) in [5, 5.41) is 2.55. The van der Waals surface area contributed by atoms with Crippen molar-refractivity contribution < 1.29 is 23.0 Å². The van der Waals surface area contributed by atoms with Crippen LogP contribution >= 0.6 is 0 Å². The van der Waals surface area contributed by atoms with Crippen LogP contribution in [0.5, 0.6) is 5.75 Å². The molecule has 0 aliphatic rings. The molecule has 1 aromatic rings. The van der Waals surface area contributed by atoms with Gasteiger partial charge in [0.25, 0.3) is 0 Å². The van der Waals surface area contributed by atoms with E-state index in [-0.39, 0.29) is 12.3 Å². The number of nitrogens with one attached hydrogen (secondary N) is 1. The van der Waals surface area contributed by atoms with Crippen LogP contribution in [0.15, 0.2) is 24.3 Å². The van der Waals surface area contributed by atoms with E-state index >= 15 is 0 Å². The van der Waals surface area contributed by atoms with Gasteiger partial charge in [-0.1, -0.05) is 12.1 Å². The van der Waals surface area contributed by atoms with E-state index in [1.54, 1.807) is 32.9 Å². The van der Waals surface area contributed by atoms with E-state index in [1.165, 1.54) is 12.1 Å². The fourth-order valence-corrected chi connectivity index (χ4v) is 1.52. The SMILES string of the molecule is CC(C)(C)OC(=O)NCC(N)c1ccc(OC(F)F)cc1. The van der Waals surface area contributed by atoms with Gasteiger partial charge in [-0.15, -0.1) is 0 Å². The lowest BCUT2D eigenvalue weighted by molar-refractivity contribution is -0.0498. The van der Waals surface area contributed by atoms with Crippen LogP contribution in [-0.4, -0.2) is 24.9 Å². The molecule has 1 rings (SSSR count). The number of rotatable bonds is 5. The maximum absolute atomic E-state index is 12.0. The third-order valence-corrected chi connectivity index (χ3v) is 2.40. The molecule has 0 aromatic heterocycles. The predicted octanol–water partition coefficient (Wildman–Crippen LogP) is 2.81. The normalized spacial score (nSPS) is 12.9. The highest BCUT2D eigenvalue weighted by atomic mass is 19.3. The van der Waals surface area contributed by atoms with Crippen LogP contribution in [0.3, 0.4) is 0 Å². The summed E-state index contributed by atoms with van der Waals surface area (Å²) in [4.78, 5) is 11.5. The van der Waals surface area contributed by atoms with Gasteiger partial charge in [0.15, 0.2) is 0 Å². The number of nitrogens with two attached hydrogens (primary N) is 1. The van der Waals surface area contributed by atoms with Gasteiger partial charge >= 0.3 is 12.7 Å². The van der Waals surface area contributed by atoms with Gasteiger partial charge in [-0.2, -0.15) is 8.78 Å². The average Bonchev–Trinajstić information content (AvgIpc) is 2.34. The van der Waals surface area contributed by atoms with Gasteiger partial charge in [-0.25, -0.2) is 4.79 Å².